The molecule has 7 nitrogen and oxygen atoms in total. The van der Waals surface area contributed by atoms with Crippen LogP contribution in [0.5, 0.6) is 11.5 Å². The summed E-state index contributed by atoms with van der Waals surface area (Å²) in [6.45, 7) is 13.0. The summed E-state index contributed by atoms with van der Waals surface area (Å²) >= 11 is 0. The molecular weight excluding hydrogens is 482 g/mol. The van der Waals surface area contributed by atoms with E-state index in [4.69, 9.17) is 14.3 Å². The summed E-state index contributed by atoms with van der Waals surface area (Å²) in [6, 6.07) is 19.4. The second kappa shape index (κ2) is 11.9. The lowest BCUT2D eigenvalue weighted by atomic mass is 9.87. The van der Waals surface area contributed by atoms with Gasteiger partial charge in [0.25, 0.3) is 0 Å². The molecule has 0 aromatic heterocycles. The summed E-state index contributed by atoms with van der Waals surface area (Å²) < 4.78 is 11.1. The van der Waals surface area contributed by atoms with E-state index in [0.717, 1.165) is 11.1 Å². The molecule has 3 rings (SSSR count). The molecule has 0 aliphatic heterocycles. The van der Waals surface area contributed by atoms with Crippen LogP contribution in [0.3, 0.4) is 0 Å². The highest BCUT2D eigenvalue weighted by molar-refractivity contribution is 5.95. The molecule has 0 saturated carbocycles. The Morgan fingerprint density at radius 2 is 1.39 bits per heavy atom. The van der Waals surface area contributed by atoms with Crippen molar-refractivity contribution in [3.05, 3.63) is 94.5 Å². The summed E-state index contributed by atoms with van der Waals surface area (Å²) in [7, 11) is 0. The quantitative estimate of drug-likeness (QED) is 0.113. The molecule has 0 radical (unpaired) electrons. The number of carbonyl (C=O) groups is 2. The maximum absolute atomic E-state index is 12.7. The zero-order chi connectivity index (χ0) is 27.9. The first-order valence-electron chi connectivity index (χ1n) is 12.4. The Kier molecular flexibility index (Phi) is 8.94. The van der Waals surface area contributed by atoms with Gasteiger partial charge in [-0.05, 0) is 51.8 Å². The Labute approximate surface area is 224 Å². The number of nitrogens with zero attached hydrogens (tertiary/aromatic N) is 1. The van der Waals surface area contributed by atoms with Gasteiger partial charge in [-0.15, -0.1) is 0 Å². The van der Waals surface area contributed by atoms with Gasteiger partial charge in [-0.25, -0.2) is 9.59 Å². The molecule has 0 aliphatic rings. The number of hydrogen-bond donors (Lipinski definition) is 1. The van der Waals surface area contributed by atoms with Gasteiger partial charge in [-0.2, -0.15) is 0 Å². The molecule has 7 heteroatoms. The van der Waals surface area contributed by atoms with Gasteiger partial charge in [-0.1, -0.05) is 83.1 Å². The van der Waals surface area contributed by atoms with Gasteiger partial charge in [0.05, 0.1) is 11.8 Å². The van der Waals surface area contributed by atoms with Crippen LogP contribution in [0.1, 0.15) is 78.9 Å². The molecule has 1 N–H and O–H groups in total. The first-order chi connectivity index (χ1) is 17.8. The number of ether oxygens (including phenoxy) is 2. The third-order valence-corrected chi connectivity index (χ3v) is 5.87. The monoisotopic (exact) mass is 517 g/mol. The molecule has 3 aromatic rings. The van der Waals surface area contributed by atoms with E-state index in [1.54, 1.807) is 18.3 Å². The van der Waals surface area contributed by atoms with Crippen molar-refractivity contribution in [2.24, 2.45) is 5.16 Å². The molecule has 0 heterocycles. The molecule has 0 bridgehead atoms. The molecule has 0 aliphatic carbocycles. The van der Waals surface area contributed by atoms with Gasteiger partial charge in [0.15, 0.2) is 6.61 Å². The predicted octanol–water partition coefficient (Wildman–Crippen LogP) is 6.63. The first-order valence-corrected chi connectivity index (χ1v) is 12.4. The van der Waals surface area contributed by atoms with Gasteiger partial charge in [0, 0.05) is 6.07 Å². The normalized spacial score (nSPS) is 11.8. The largest absolute Gasteiger partial charge is 0.490 e. The topological polar surface area (TPSA) is 94.4 Å². The Hall–Kier alpha value is -4.13. The molecule has 0 amide bonds. The first kappa shape index (κ1) is 28.4. The maximum Gasteiger partial charge on any atom is 0.343 e. The van der Waals surface area contributed by atoms with E-state index < -0.39 is 11.9 Å². The van der Waals surface area contributed by atoms with E-state index in [1.807, 2.05) is 24.3 Å². The fourth-order valence-electron chi connectivity index (χ4n) is 3.54. The standard InChI is InChI=1S/C31H35NO6/c1-30(2,3)23-11-7-21(8-12-23)20-32-37-18-17-36-25-15-16-26(28(33)34)27(19-25)38-29(35)22-9-13-24(14-10-22)31(4,5)6/h7-16,19-20H,17-18H2,1-6H3,(H,33,34)/b32-20+. The molecule has 38 heavy (non-hydrogen) atoms. The zero-order valence-corrected chi connectivity index (χ0v) is 22.8. The lowest BCUT2D eigenvalue weighted by Crippen LogP contribution is -2.14. The van der Waals surface area contributed by atoms with E-state index >= 15 is 0 Å². The van der Waals surface area contributed by atoms with Crippen molar-refractivity contribution in [3.8, 4) is 11.5 Å². The van der Waals surface area contributed by atoms with Crippen LogP contribution in [0.4, 0.5) is 0 Å². The van der Waals surface area contributed by atoms with E-state index in [0.29, 0.717) is 11.3 Å². The molecule has 0 atom stereocenters. The van der Waals surface area contributed by atoms with Crippen LogP contribution < -0.4 is 9.47 Å². The zero-order valence-electron chi connectivity index (χ0n) is 22.8. The lowest BCUT2D eigenvalue weighted by Gasteiger charge is -2.19. The van der Waals surface area contributed by atoms with Crippen molar-refractivity contribution >= 4 is 18.2 Å². The second-order valence-corrected chi connectivity index (χ2v) is 11.0. The smallest absolute Gasteiger partial charge is 0.343 e. The molecular formula is C31H35NO6. The molecule has 3 aromatic carbocycles. The number of rotatable bonds is 9. The predicted molar refractivity (Wildman–Crippen MR) is 148 cm³/mol. The Bertz CT molecular complexity index is 1280. The van der Waals surface area contributed by atoms with Crippen LogP contribution in [-0.4, -0.2) is 36.5 Å². The van der Waals surface area contributed by atoms with Crippen LogP contribution >= 0.6 is 0 Å². The fourth-order valence-corrected chi connectivity index (χ4v) is 3.54. The highest BCUT2D eigenvalue weighted by Gasteiger charge is 2.19. The van der Waals surface area contributed by atoms with Crippen LogP contribution in [0.2, 0.25) is 0 Å². The third kappa shape index (κ3) is 7.93. The number of hydrogen-bond acceptors (Lipinski definition) is 6. The summed E-state index contributed by atoms with van der Waals surface area (Å²) in [5.41, 5.74) is 3.43. The molecule has 0 fully saturated rings. The number of oxime groups is 1. The SMILES string of the molecule is CC(C)(C)c1ccc(/C=N/OCCOc2ccc(C(=O)O)c(OC(=O)c3ccc(C(C)(C)C)cc3)c2)cc1. The summed E-state index contributed by atoms with van der Waals surface area (Å²) in [5.74, 6) is -1.63. The van der Waals surface area contributed by atoms with Crippen molar-refractivity contribution in [2.75, 3.05) is 13.2 Å². The van der Waals surface area contributed by atoms with E-state index in [2.05, 4.69) is 58.8 Å². The van der Waals surface area contributed by atoms with Gasteiger partial charge in [0.1, 0.15) is 23.7 Å². The van der Waals surface area contributed by atoms with Gasteiger partial charge >= 0.3 is 11.9 Å². The van der Waals surface area contributed by atoms with E-state index in [-0.39, 0.29) is 35.4 Å². The molecule has 0 unspecified atom stereocenters. The van der Waals surface area contributed by atoms with Gasteiger partial charge in [-0.3, -0.25) is 0 Å². The summed E-state index contributed by atoms with van der Waals surface area (Å²) in [6.07, 6.45) is 1.62. The lowest BCUT2D eigenvalue weighted by molar-refractivity contribution is 0.0680. The molecule has 200 valence electrons. The van der Waals surface area contributed by atoms with Gasteiger partial charge < -0.3 is 19.4 Å². The maximum atomic E-state index is 12.7. The van der Waals surface area contributed by atoms with Crippen LogP contribution in [0, 0.1) is 0 Å². The fraction of sp³-hybridized carbons (Fsp3) is 0.323. The number of benzene rings is 3. The second-order valence-electron chi connectivity index (χ2n) is 11.0. The number of aromatic carboxylic acids is 1. The minimum Gasteiger partial charge on any atom is -0.490 e. The Morgan fingerprint density at radius 1 is 0.816 bits per heavy atom. The third-order valence-electron chi connectivity index (χ3n) is 5.87. The molecule has 0 saturated heterocycles. The van der Waals surface area contributed by atoms with Crippen LogP contribution in [-0.2, 0) is 15.7 Å². The van der Waals surface area contributed by atoms with Crippen LogP contribution in [0.25, 0.3) is 0 Å². The average molecular weight is 518 g/mol. The number of carboxylic acid groups (broad SMARTS) is 1. The Balaban J connectivity index is 1.57. The number of carbonyl (C=O) groups excluding carboxylic acids is 1. The Morgan fingerprint density at radius 3 is 1.95 bits per heavy atom. The summed E-state index contributed by atoms with van der Waals surface area (Å²) in [4.78, 5) is 29.6. The minimum absolute atomic E-state index is 0.0582. The number of carboxylic acids is 1. The van der Waals surface area contributed by atoms with Crippen molar-refractivity contribution in [1.82, 2.24) is 0 Å². The van der Waals surface area contributed by atoms with Gasteiger partial charge in [0.2, 0.25) is 0 Å². The molecule has 0 spiro atoms. The van der Waals surface area contributed by atoms with E-state index in [9.17, 15) is 14.7 Å². The van der Waals surface area contributed by atoms with E-state index in [1.165, 1.54) is 23.8 Å². The van der Waals surface area contributed by atoms with Crippen molar-refractivity contribution in [3.63, 3.8) is 0 Å². The number of esters is 1. The van der Waals surface area contributed by atoms with Crippen molar-refractivity contribution in [1.29, 1.82) is 0 Å². The minimum atomic E-state index is -1.21. The van der Waals surface area contributed by atoms with Crippen molar-refractivity contribution in [2.45, 2.75) is 52.4 Å². The van der Waals surface area contributed by atoms with Crippen LogP contribution in [0.15, 0.2) is 71.9 Å². The average Bonchev–Trinajstić information content (AvgIpc) is 2.85. The highest BCUT2D eigenvalue weighted by atomic mass is 16.6. The highest BCUT2D eigenvalue weighted by Crippen LogP contribution is 2.27. The summed E-state index contributed by atoms with van der Waals surface area (Å²) in [5, 5.41) is 13.5. The van der Waals surface area contributed by atoms with Crippen molar-refractivity contribution < 1.29 is 29.0 Å².